The molecule has 0 aliphatic rings. The second-order valence-corrected chi connectivity index (χ2v) is 5.08. The van der Waals surface area contributed by atoms with E-state index in [1.165, 1.54) is 7.11 Å². The molecule has 0 aliphatic carbocycles. The van der Waals surface area contributed by atoms with E-state index in [9.17, 15) is 5.11 Å². The van der Waals surface area contributed by atoms with E-state index in [-0.39, 0.29) is 11.7 Å². The summed E-state index contributed by atoms with van der Waals surface area (Å²) < 4.78 is 5.11. The normalized spacial score (nSPS) is 10.8. The van der Waals surface area contributed by atoms with Gasteiger partial charge in [-0.1, -0.05) is 13.8 Å². The number of nitrogens with zero attached hydrogens (tertiary/aromatic N) is 2. The summed E-state index contributed by atoms with van der Waals surface area (Å²) in [5.74, 6) is 7.44. The number of anilines is 1. The highest BCUT2D eigenvalue weighted by atomic mass is 16.5. The van der Waals surface area contributed by atoms with Crippen LogP contribution in [0.3, 0.4) is 0 Å². The van der Waals surface area contributed by atoms with Gasteiger partial charge in [-0.25, -0.2) is 15.8 Å². The number of hydrogen-bond donors (Lipinski definition) is 3. The van der Waals surface area contributed by atoms with E-state index in [0.717, 1.165) is 16.8 Å². The van der Waals surface area contributed by atoms with Gasteiger partial charge >= 0.3 is 0 Å². The molecule has 0 spiro atoms. The fourth-order valence-electron chi connectivity index (χ4n) is 2.33. The summed E-state index contributed by atoms with van der Waals surface area (Å²) in [7, 11) is 1.50. The molecule has 21 heavy (non-hydrogen) atoms. The number of nitrogens with one attached hydrogen (secondary N) is 1. The van der Waals surface area contributed by atoms with E-state index in [1.54, 1.807) is 18.2 Å². The van der Waals surface area contributed by atoms with E-state index in [0.29, 0.717) is 17.4 Å². The average molecular weight is 288 g/mol. The maximum Gasteiger partial charge on any atom is 0.161 e. The Kier molecular flexibility index (Phi) is 4.28. The minimum Gasteiger partial charge on any atom is -0.504 e. The molecule has 0 fully saturated rings. The summed E-state index contributed by atoms with van der Waals surface area (Å²) in [5, 5.41) is 9.66. The van der Waals surface area contributed by atoms with Crippen LogP contribution in [0, 0.1) is 6.92 Å². The van der Waals surface area contributed by atoms with E-state index in [4.69, 9.17) is 10.6 Å². The largest absolute Gasteiger partial charge is 0.504 e. The van der Waals surface area contributed by atoms with E-state index in [1.807, 2.05) is 6.92 Å². The number of nitrogens with two attached hydrogens (primary N) is 1. The molecule has 0 radical (unpaired) electrons. The number of hydrazine groups is 1. The third-order valence-electron chi connectivity index (χ3n) is 3.29. The number of phenols is 1. The molecule has 1 heterocycles. The lowest BCUT2D eigenvalue weighted by Gasteiger charge is -2.15. The van der Waals surface area contributed by atoms with Gasteiger partial charge in [-0.05, 0) is 31.0 Å². The number of aryl methyl sites for hydroxylation is 1. The van der Waals surface area contributed by atoms with Gasteiger partial charge in [-0.15, -0.1) is 0 Å². The van der Waals surface area contributed by atoms with Gasteiger partial charge in [0.1, 0.15) is 5.82 Å². The minimum atomic E-state index is 0.0777. The number of hydrogen-bond acceptors (Lipinski definition) is 6. The monoisotopic (exact) mass is 288 g/mol. The van der Waals surface area contributed by atoms with Crippen molar-refractivity contribution >= 4 is 5.82 Å². The number of benzene rings is 1. The van der Waals surface area contributed by atoms with Gasteiger partial charge < -0.3 is 15.3 Å². The molecule has 0 atom stereocenters. The second-order valence-electron chi connectivity index (χ2n) is 5.08. The Balaban J connectivity index is 2.57. The van der Waals surface area contributed by atoms with E-state index in [2.05, 4.69) is 29.2 Å². The van der Waals surface area contributed by atoms with E-state index < -0.39 is 0 Å². The first-order valence-corrected chi connectivity index (χ1v) is 6.70. The van der Waals surface area contributed by atoms with E-state index >= 15 is 0 Å². The summed E-state index contributed by atoms with van der Waals surface area (Å²) in [6.07, 6.45) is 0. The van der Waals surface area contributed by atoms with Gasteiger partial charge in [0.25, 0.3) is 0 Å². The lowest BCUT2D eigenvalue weighted by molar-refractivity contribution is 0.373. The molecule has 112 valence electrons. The van der Waals surface area contributed by atoms with Crippen LogP contribution in [-0.2, 0) is 0 Å². The Bertz CT molecular complexity index is 656. The zero-order valence-electron chi connectivity index (χ0n) is 12.6. The smallest absolute Gasteiger partial charge is 0.161 e. The van der Waals surface area contributed by atoms with Gasteiger partial charge in [-0.2, -0.15) is 0 Å². The summed E-state index contributed by atoms with van der Waals surface area (Å²) in [6, 6.07) is 4.99. The first-order valence-electron chi connectivity index (χ1n) is 6.70. The molecular formula is C15H20N4O2. The summed E-state index contributed by atoms with van der Waals surface area (Å²) in [4.78, 5) is 9.00. The van der Waals surface area contributed by atoms with Crippen LogP contribution in [0.5, 0.6) is 11.5 Å². The van der Waals surface area contributed by atoms with Gasteiger partial charge in [0, 0.05) is 16.8 Å². The molecule has 0 aliphatic heterocycles. The van der Waals surface area contributed by atoms with Gasteiger partial charge in [0.2, 0.25) is 0 Å². The molecule has 0 saturated heterocycles. The van der Waals surface area contributed by atoms with Crippen molar-refractivity contribution in [3.8, 4) is 22.9 Å². The molecule has 0 amide bonds. The summed E-state index contributed by atoms with van der Waals surface area (Å²) >= 11 is 0. The first kappa shape index (κ1) is 15.1. The lowest BCUT2D eigenvalue weighted by Crippen LogP contribution is -2.14. The number of rotatable bonds is 4. The molecule has 4 N–H and O–H groups in total. The predicted molar refractivity (Wildman–Crippen MR) is 82.3 cm³/mol. The Morgan fingerprint density at radius 3 is 2.57 bits per heavy atom. The number of ether oxygens (including phenoxy) is 1. The van der Waals surface area contributed by atoms with Crippen molar-refractivity contribution in [3.63, 3.8) is 0 Å². The van der Waals surface area contributed by atoms with Crippen molar-refractivity contribution in [3.05, 3.63) is 29.5 Å². The van der Waals surface area contributed by atoms with Crippen LogP contribution in [0.25, 0.3) is 11.4 Å². The van der Waals surface area contributed by atoms with Crippen molar-refractivity contribution in [1.82, 2.24) is 9.97 Å². The van der Waals surface area contributed by atoms with Crippen LogP contribution in [-0.4, -0.2) is 22.2 Å². The van der Waals surface area contributed by atoms with Gasteiger partial charge in [0.15, 0.2) is 17.3 Å². The predicted octanol–water partition coefficient (Wildman–Crippen LogP) is 2.58. The average Bonchev–Trinajstić information content (AvgIpc) is 2.46. The Morgan fingerprint density at radius 2 is 2.00 bits per heavy atom. The topological polar surface area (TPSA) is 93.3 Å². The fourth-order valence-corrected chi connectivity index (χ4v) is 2.33. The van der Waals surface area contributed by atoms with Gasteiger partial charge in [0.05, 0.1) is 7.11 Å². The molecule has 1 aromatic heterocycles. The minimum absolute atomic E-state index is 0.0777. The maximum absolute atomic E-state index is 9.66. The van der Waals surface area contributed by atoms with Gasteiger partial charge in [-0.3, -0.25) is 0 Å². The first-order chi connectivity index (χ1) is 9.97. The molecular weight excluding hydrogens is 268 g/mol. The zero-order valence-corrected chi connectivity index (χ0v) is 12.6. The molecule has 0 unspecified atom stereocenters. The zero-order chi connectivity index (χ0) is 15.6. The molecule has 6 heteroatoms. The van der Waals surface area contributed by atoms with Crippen LogP contribution in [0.15, 0.2) is 18.2 Å². The van der Waals surface area contributed by atoms with Crippen molar-refractivity contribution in [2.45, 2.75) is 26.7 Å². The highest BCUT2D eigenvalue weighted by Crippen LogP contribution is 2.32. The molecule has 0 saturated carbocycles. The standard InChI is InChI=1S/C15H20N4O2/c1-8(2)13-9(3)17-14(18-15(13)19-16)10-5-6-11(20)12(7-10)21-4/h5-8,20H,16H2,1-4H3,(H,17,18,19). The molecule has 1 aromatic carbocycles. The van der Waals surface area contributed by atoms with Crippen molar-refractivity contribution in [2.75, 3.05) is 12.5 Å². The third kappa shape index (κ3) is 2.90. The van der Waals surface area contributed by atoms with Crippen LogP contribution in [0.2, 0.25) is 0 Å². The highest BCUT2D eigenvalue weighted by Gasteiger charge is 2.15. The summed E-state index contributed by atoms with van der Waals surface area (Å²) in [6.45, 7) is 6.06. The van der Waals surface area contributed by atoms with Crippen molar-refractivity contribution in [1.29, 1.82) is 0 Å². The van der Waals surface area contributed by atoms with Crippen LogP contribution < -0.4 is 16.0 Å². The molecule has 0 bridgehead atoms. The highest BCUT2D eigenvalue weighted by molar-refractivity contribution is 5.63. The number of aromatic nitrogens is 2. The van der Waals surface area contributed by atoms with Crippen LogP contribution in [0.4, 0.5) is 5.82 Å². The van der Waals surface area contributed by atoms with Crippen LogP contribution >= 0.6 is 0 Å². The number of aromatic hydroxyl groups is 1. The maximum atomic E-state index is 9.66. The number of nitrogen functional groups attached to an aromatic ring is 1. The van der Waals surface area contributed by atoms with Crippen molar-refractivity contribution < 1.29 is 9.84 Å². The SMILES string of the molecule is COc1cc(-c2nc(C)c(C(C)C)c(NN)n2)ccc1O. The lowest BCUT2D eigenvalue weighted by atomic mass is 10.0. The summed E-state index contributed by atoms with van der Waals surface area (Å²) in [5.41, 5.74) is 5.25. The Morgan fingerprint density at radius 1 is 1.29 bits per heavy atom. The Labute approximate surface area is 124 Å². The molecule has 6 nitrogen and oxygen atoms in total. The second kappa shape index (κ2) is 5.97. The van der Waals surface area contributed by atoms with Crippen LogP contribution in [0.1, 0.15) is 31.0 Å². The quantitative estimate of drug-likeness (QED) is 0.591. The van der Waals surface area contributed by atoms with Crippen molar-refractivity contribution in [2.24, 2.45) is 5.84 Å². The fraction of sp³-hybridized carbons (Fsp3) is 0.333. The Hall–Kier alpha value is -2.34. The number of phenolic OH excluding ortho intramolecular Hbond substituents is 1. The molecule has 2 rings (SSSR count). The third-order valence-corrected chi connectivity index (χ3v) is 3.29. The number of methoxy groups -OCH3 is 1. The molecule has 2 aromatic rings.